The summed E-state index contributed by atoms with van der Waals surface area (Å²) in [5.41, 5.74) is 1.55. The van der Waals surface area contributed by atoms with Crippen LogP contribution >= 0.6 is 15.2 Å². The summed E-state index contributed by atoms with van der Waals surface area (Å²) >= 11 is 0. The lowest BCUT2D eigenvalue weighted by Crippen LogP contribution is -2.11. The summed E-state index contributed by atoms with van der Waals surface area (Å²) in [5, 5.41) is 21.4. The van der Waals surface area contributed by atoms with E-state index in [0.717, 1.165) is 0 Å². The van der Waals surface area contributed by atoms with Crippen LogP contribution in [-0.2, 0) is 27.2 Å². The van der Waals surface area contributed by atoms with Crippen molar-refractivity contribution in [3.8, 4) is 11.5 Å². The Morgan fingerprint density at radius 1 is 0.625 bits per heavy atom. The van der Waals surface area contributed by atoms with Crippen LogP contribution in [0.2, 0.25) is 0 Å². The van der Waals surface area contributed by atoms with Gasteiger partial charge in [-0.15, -0.1) is 0 Å². The molecule has 3 aromatic rings. The molecule has 2 N–H and O–H groups in total. The van der Waals surface area contributed by atoms with E-state index in [4.69, 9.17) is 18.1 Å². The first-order valence-electron chi connectivity index (χ1n) is 12.8. The van der Waals surface area contributed by atoms with Gasteiger partial charge in [0.2, 0.25) is 0 Å². The predicted molar refractivity (Wildman–Crippen MR) is 158 cm³/mol. The highest BCUT2D eigenvalue weighted by Gasteiger charge is 2.28. The number of rotatable bonds is 14. The summed E-state index contributed by atoms with van der Waals surface area (Å²) in [4.78, 5) is 8.95. The van der Waals surface area contributed by atoms with Crippen LogP contribution in [0.5, 0.6) is 11.5 Å². The van der Waals surface area contributed by atoms with Crippen LogP contribution in [0.4, 0.5) is 11.4 Å². The maximum atomic E-state index is 13.2. The number of phenolic OH excluding ortho intramolecular Hbond substituents is 2. The molecular weight excluding hydrogens is 554 g/mol. The van der Waals surface area contributed by atoms with Crippen LogP contribution in [0.1, 0.15) is 38.8 Å². The minimum atomic E-state index is -3.56. The Morgan fingerprint density at radius 2 is 0.975 bits per heavy atom. The highest BCUT2D eigenvalue weighted by Crippen LogP contribution is 2.48. The molecule has 0 unspecified atom stereocenters. The van der Waals surface area contributed by atoms with Crippen LogP contribution in [-0.4, -0.2) is 49.1 Å². The average molecular weight is 589 g/mol. The summed E-state index contributed by atoms with van der Waals surface area (Å²) < 4.78 is 48.0. The number of nitrogens with zero attached hydrogens (tertiary/aromatic N) is 2. The molecule has 0 atom stereocenters. The number of hydrogen-bond donors (Lipinski definition) is 2. The van der Waals surface area contributed by atoms with E-state index in [1.807, 2.05) is 0 Å². The molecule has 0 saturated carbocycles. The summed E-state index contributed by atoms with van der Waals surface area (Å²) in [6.45, 7) is 7.66. The van der Waals surface area contributed by atoms with Gasteiger partial charge in [0.05, 0.1) is 48.4 Å². The first kappa shape index (κ1) is 31.4. The normalized spacial score (nSPS) is 12.5. The Bertz CT molecular complexity index is 1330. The number of aliphatic imine (C=N–C) groups is 2. The van der Waals surface area contributed by atoms with Gasteiger partial charge in [0.15, 0.2) is 0 Å². The van der Waals surface area contributed by atoms with Crippen LogP contribution in [0.15, 0.2) is 70.6 Å². The molecule has 3 rings (SSSR count). The van der Waals surface area contributed by atoms with Crippen LogP contribution in [0, 0.1) is 0 Å². The average Bonchev–Trinajstić information content (AvgIpc) is 2.93. The zero-order valence-electron chi connectivity index (χ0n) is 22.9. The molecule has 214 valence electrons. The van der Waals surface area contributed by atoms with E-state index in [-0.39, 0.29) is 37.9 Å². The lowest BCUT2D eigenvalue weighted by atomic mass is 10.2. The van der Waals surface area contributed by atoms with Crippen molar-refractivity contribution in [3.63, 3.8) is 0 Å². The fourth-order valence-electron chi connectivity index (χ4n) is 3.64. The van der Waals surface area contributed by atoms with E-state index < -0.39 is 15.2 Å². The molecule has 0 aliphatic rings. The van der Waals surface area contributed by atoms with Gasteiger partial charge in [0, 0.05) is 23.6 Å². The van der Waals surface area contributed by atoms with Crippen molar-refractivity contribution in [1.82, 2.24) is 0 Å². The Kier molecular flexibility index (Phi) is 11.4. The molecule has 0 amide bonds. The summed E-state index contributed by atoms with van der Waals surface area (Å²) in [6.07, 6.45) is 2.85. The molecule has 0 fully saturated rings. The second-order valence-corrected chi connectivity index (χ2v) is 12.2. The minimum absolute atomic E-state index is 0.0669. The first-order chi connectivity index (χ1) is 19.2. The molecule has 0 spiro atoms. The number of para-hydroxylation sites is 2. The maximum absolute atomic E-state index is 13.2. The van der Waals surface area contributed by atoms with Crippen LogP contribution in [0.25, 0.3) is 0 Å². The SMILES string of the molecule is CCOP(=O)(OCC)c1ccc(O)c(C=Nc2ccccc2N=Cc2cc(P(=O)(OCC)OCC)ccc2O)c1. The van der Waals surface area contributed by atoms with Gasteiger partial charge in [-0.3, -0.25) is 19.1 Å². The van der Waals surface area contributed by atoms with Gasteiger partial charge < -0.3 is 28.3 Å². The molecule has 0 radical (unpaired) electrons. The molecule has 40 heavy (non-hydrogen) atoms. The minimum Gasteiger partial charge on any atom is -0.507 e. The molecular formula is C28H34N2O8P2. The van der Waals surface area contributed by atoms with Gasteiger partial charge in [-0.05, 0) is 76.2 Å². The second kappa shape index (κ2) is 14.5. The van der Waals surface area contributed by atoms with Crippen molar-refractivity contribution in [1.29, 1.82) is 0 Å². The lowest BCUT2D eigenvalue weighted by molar-refractivity contribution is 0.229. The molecule has 10 nitrogen and oxygen atoms in total. The Hall–Kier alpha value is -3.10. The van der Waals surface area contributed by atoms with Gasteiger partial charge in [0.1, 0.15) is 11.5 Å². The zero-order chi connectivity index (χ0) is 29.2. The third-order valence-corrected chi connectivity index (χ3v) is 9.63. The molecule has 0 aliphatic carbocycles. The highest BCUT2D eigenvalue weighted by atomic mass is 31.2. The Labute approximate surface area is 234 Å². The number of aromatic hydroxyl groups is 2. The van der Waals surface area contributed by atoms with Gasteiger partial charge in [0.25, 0.3) is 0 Å². The van der Waals surface area contributed by atoms with Crippen molar-refractivity contribution in [3.05, 3.63) is 71.8 Å². The highest BCUT2D eigenvalue weighted by molar-refractivity contribution is 7.62. The van der Waals surface area contributed by atoms with Crippen molar-refractivity contribution in [2.24, 2.45) is 9.98 Å². The topological polar surface area (TPSA) is 136 Å². The van der Waals surface area contributed by atoms with E-state index >= 15 is 0 Å². The Balaban J connectivity index is 1.94. The van der Waals surface area contributed by atoms with E-state index in [1.54, 1.807) is 52.0 Å². The van der Waals surface area contributed by atoms with Gasteiger partial charge in [-0.25, -0.2) is 0 Å². The fraction of sp³-hybridized carbons (Fsp3) is 0.286. The van der Waals surface area contributed by atoms with Gasteiger partial charge in [-0.2, -0.15) is 0 Å². The third kappa shape index (κ3) is 7.76. The van der Waals surface area contributed by atoms with Gasteiger partial charge in [-0.1, -0.05) is 12.1 Å². The number of hydrogen-bond acceptors (Lipinski definition) is 10. The van der Waals surface area contributed by atoms with E-state index in [9.17, 15) is 19.3 Å². The van der Waals surface area contributed by atoms with Crippen LogP contribution < -0.4 is 10.6 Å². The maximum Gasteiger partial charge on any atom is 0.361 e. The van der Waals surface area contributed by atoms with Crippen molar-refractivity contribution >= 4 is 49.6 Å². The summed E-state index contributed by atoms with van der Waals surface area (Å²) in [7, 11) is -7.11. The van der Waals surface area contributed by atoms with Crippen molar-refractivity contribution in [2.45, 2.75) is 27.7 Å². The molecule has 0 bridgehead atoms. The molecule has 3 aromatic carbocycles. The standard InChI is InChI=1S/C28H34N2O8P2/c1-5-35-39(33,36-6-2)23-13-15-27(31)21(17-23)19-29-25-11-9-10-12-26(25)30-20-22-18-24(14-16-28(22)32)40(34,37-7-3)38-8-4/h9-20,31-32H,5-8H2,1-4H3. The largest absolute Gasteiger partial charge is 0.507 e. The lowest BCUT2D eigenvalue weighted by Gasteiger charge is -2.17. The van der Waals surface area contributed by atoms with Crippen molar-refractivity contribution < 1.29 is 37.4 Å². The van der Waals surface area contributed by atoms with E-state index in [1.165, 1.54) is 48.8 Å². The van der Waals surface area contributed by atoms with Crippen molar-refractivity contribution in [2.75, 3.05) is 26.4 Å². The molecule has 0 aromatic heterocycles. The zero-order valence-corrected chi connectivity index (χ0v) is 24.7. The van der Waals surface area contributed by atoms with Gasteiger partial charge >= 0.3 is 15.2 Å². The number of phenols is 2. The third-order valence-electron chi connectivity index (χ3n) is 5.42. The van der Waals surface area contributed by atoms with Crippen LogP contribution in [0.3, 0.4) is 0 Å². The second-order valence-electron chi connectivity index (χ2n) is 8.16. The fourth-order valence-corrected chi connectivity index (χ4v) is 6.86. The molecule has 0 heterocycles. The van der Waals surface area contributed by atoms with E-state index in [2.05, 4.69) is 9.98 Å². The summed E-state index contributed by atoms with van der Waals surface area (Å²) in [6, 6.07) is 15.8. The summed E-state index contributed by atoms with van der Waals surface area (Å²) in [5.74, 6) is -0.134. The molecule has 12 heteroatoms. The smallest absolute Gasteiger partial charge is 0.361 e. The monoisotopic (exact) mass is 588 g/mol. The quantitative estimate of drug-likeness (QED) is 0.164. The number of benzene rings is 3. The Morgan fingerprint density at radius 3 is 1.30 bits per heavy atom. The van der Waals surface area contributed by atoms with E-state index in [0.29, 0.717) is 33.1 Å². The predicted octanol–water partition coefficient (Wildman–Crippen LogP) is 6.38. The first-order valence-corrected chi connectivity index (χ1v) is 15.9. The molecule has 0 saturated heterocycles. The molecule has 0 aliphatic heterocycles.